The second-order valence-corrected chi connectivity index (χ2v) is 7.78. The average molecular weight is 421 g/mol. The molecule has 0 unspecified atom stereocenters. The molecule has 0 radical (unpaired) electrons. The molecule has 0 saturated carbocycles. The van der Waals surface area contributed by atoms with E-state index in [0.717, 1.165) is 22.3 Å². The van der Waals surface area contributed by atoms with E-state index in [9.17, 15) is 14.4 Å². The molecule has 7 nitrogen and oxygen atoms in total. The smallest absolute Gasteiger partial charge is 0.411 e. The molecule has 0 saturated heterocycles. The van der Waals surface area contributed by atoms with Crippen molar-refractivity contribution in [2.75, 3.05) is 0 Å². The molecule has 0 spiro atoms. The number of fused-ring (bicyclic) bond motifs is 1. The molecule has 0 aliphatic carbocycles. The highest BCUT2D eigenvalue weighted by Gasteiger charge is 2.36. The quantitative estimate of drug-likeness (QED) is 0.671. The Hall–Kier alpha value is -3.61. The van der Waals surface area contributed by atoms with Crippen molar-refractivity contribution in [1.82, 2.24) is 10.2 Å². The maximum Gasteiger partial charge on any atom is 0.411 e. The first kappa shape index (κ1) is 22.1. The molecule has 0 fully saturated rings. The summed E-state index contributed by atoms with van der Waals surface area (Å²) in [5.74, 6) is -1.10. The van der Waals surface area contributed by atoms with E-state index < -0.39 is 30.0 Å². The number of carbonyl (C=O) groups is 3. The van der Waals surface area contributed by atoms with Gasteiger partial charge in [-0.25, -0.2) is 4.79 Å². The lowest BCUT2D eigenvalue weighted by molar-refractivity contribution is -0.131. The number of hydrogen-bond acceptors (Lipinski definition) is 4. The number of ether oxygens (including phenoxy) is 1. The third kappa shape index (κ3) is 5.72. The fourth-order valence-corrected chi connectivity index (χ4v) is 3.59. The summed E-state index contributed by atoms with van der Waals surface area (Å²) in [6.07, 6.45) is -0.0295. The number of amides is 3. The van der Waals surface area contributed by atoms with Crippen LogP contribution in [0, 0.1) is 0 Å². The zero-order valence-electron chi connectivity index (χ0n) is 17.5. The van der Waals surface area contributed by atoms with Crippen LogP contribution in [0.1, 0.15) is 30.0 Å². The van der Waals surface area contributed by atoms with Gasteiger partial charge in [-0.2, -0.15) is 0 Å². The Kier molecular flexibility index (Phi) is 7.07. The van der Waals surface area contributed by atoms with Crippen LogP contribution in [0.15, 0.2) is 66.7 Å². The molecule has 1 heterocycles. The van der Waals surface area contributed by atoms with Crippen molar-refractivity contribution in [2.45, 2.75) is 45.0 Å². The topological polar surface area (TPSA) is 102 Å². The van der Waals surface area contributed by atoms with Crippen molar-refractivity contribution in [2.24, 2.45) is 5.73 Å². The average Bonchev–Trinajstić information content (AvgIpc) is 2.76. The predicted molar refractivity (Wildman–Crippen MR) is 117 cm³/mol. The van der Waals surface area contributed by atoms with Crippen molar-refractivity contribution < 1.29 is 19.1 Å². The Balaban J connectivity index is 1.78. The molecular formula is C24H27N3O4. The van der Waals surface area contributed by atoms with Gasteiger partial charge in [0.15, 0.2) is 0 Å². The summed E-state index contributed by atoms with van der Waals surface area (Å²) in [5.41, 5.74) is 8.95. The Morgan fingerprint density at radius 1 is 1.13 bits per heavy atom. The van der Waals surface area contributed by atoms with Gasteiger partial charge in [-0.3, -0.25) is 14.5 Å². The molecular weight excluding hydrogens is 394 g/mol. The van der Waals surface area contributed by atoms with Crippen molar-refractivity contribution in [3.8, 4) is 0 Å². The van der Waals surface area contributed by atoms with Gasteiger partial charge in [0, 0.05) is 6.42 Å². The van der Waals surface area contributed by atoms with Gasteiger partial charge >= 0.3 is 6.09 Å². The summed E-state index contributed by atoms with van der Waals surface area (Å²) in [4.78, 5) is 39.2. The second kappa shape index (κ2) is 9.93. The van der Waals surface area contributed by atoms with E-state index in [4.69, 9.17) is 10.5 Å². The summed E-state index contributed by atoms with van der Waals surface area (Å²) in [6.45, 7) is 5.88. The highest BCUT2D eigenvalue weighted by Crippen LogP contribution is 2.25. The highest BCUT2D eigenvalue weighted by molar-refractivity contribution is 5.91. The largest absolute Gasteiger partial charge is 0.445 e. The molecule has 1 aliphatic heterocycles. The van der Waals surface area contributed by atoms with Gasteiger partial charge in [0.05, 0.1) is 6.54 Å². The number of benzene rings is 2. The van der Waals surface area contributed by atoms with Crippen LogP contribution in [0.4, 0.5) is 4.79 Å². The number of rotatable bonds is 7. The van der Waals surface area contributed by atoms with Gasteiger partial charge in [-0.1, -0.05) is 60.2 Å². The Morgan fingerprint density at radius 3 is 2.42 bits per heavy atom. The van der Waals surface area contributed by atoms with Crippen LogP contribution >= 0.6 is 0 Å². The summed E-state index contributed by atoms with van der Waals surface area (Å²) in [6, 6.07) is 15.3. The zero-order chi connectivity index (χ0) is 22.4. The number of carbonyl (C=O) groups excluding carboxylic acids is 3. The van der Waals surface area contributed by atoms with E-state index in [-0.39, 0.29) is 19.6 Å². The summed E-state index contributed by atoms with van der Waals surface area (Å²) < 4.78 is 5.48. The summed E-state index contributed by atoms with van der Waals surface area (Å²) >= 11 is 0. The molecule has 2 aromatic carbocycles. The van der Waals surface area contributed by atoms with Crippen molar-refractivity contribution in [3.63, 3.8) is 0 Å². The molecule has 7 heteroatoms. The third-order valence-electron chi connectivity index (χ3n) is 5.20. The molecule has 0 bridgehead atoms. The van der Waals surface area contributed by atoms with Gasteiger partial charge in [0.2, 0.25) is 11.8 Å². The first-order valence-corrected chi connectivity index (χ1v) is 10.1. The van der Waals surface area contributed by atoms with Gasteiger partial charge < -0.3 is 15.8 Å². The Morgan fingerprint density at radius 2 is 1.77 bits per heavy atom. The lowest BCUT2D eigenvalue weighted by Gasteiger charge is -2.35. The van der Waals surface area contributed by atoms with Crippen LogP contribution in [-0.4, -0.2) is 34.9 Å². The molecule has 162 valence electrons. The number of hydrogen-bond donors (Lipinski definition) is 2. The lowest BCUT2D eigenvalue weighted by atomic mass is 9.93. The first-order valence-electron chi connectivity index (χ1n) is 10.1. The maximum absolute atomic E-state index is 13.1. The molecule has 3 rings (SSSR count). The minimum atomic E-state index is -0.885. The monoisotopic (exact) mass is 421 g/mol. The van der Waals surface area contributed by atoms with Gasteiger partial charge in [0.25, 0.3) is 0 Å². The maximum atomic E-state index is 13.1. The molecule has 3 amide bonds. The molecule has 2 aromatic rings. The highest BCUT2D eigenvalue weighted by atomic mass is 16.6. The molecule has 3 N–H and O–H groups in total. The van der Waals surface area contributed by atoms with Gasteiger partial charge in [-0.15, -0.1) is 6.58 Å². The van der Waals surface area contributed by atoms with Crippen LogP contribution in [0.5, 0.6) is 0 Å². The molecule has 31 heavy (non-hydrogen) atoms. The number of nitrogens with one attached hydrogen (secondary N) is 1. The normalized spacial score (nSPS) is 16.0. The van der Waals surface area contributed by atoms with E-state index in [2.05, 4.69) is 11.9 Å². The minimum absolute atomic E-state index is 0.103. The van der Waals surface area contributed by atoms with Crippen LogP contribution in [0.2, 0.25) is 0 Å². The Bertz CT molecular complexity index is 974. The van der Waals surface area contributed by atoms with Crippen molar-refractivity contribution in [3.05, 3.63) is 83.4 Å². The fraction of sp³-hybridized carbons (Fsp3) is 0.292. The van der Waals surface area contributed by atoms with Crippen LogP contribution < -0.4 is 11.1 Å². The predicted octanol–water partition coefficient (Wildman–Crippen LogP) is 2.69. The van der Waals surface area contributed by atoms with Gasteiger partial charge in [-0.05, 0) is 30.0 Å². The number of nitrogens with two attached hydrogens (primary N) is 1. The number of primary amides is 1. The summed E-state index contributed by atoms with van der Waals surface area (Å²) in [5, 5.41) is 2.68. The molecule has 2 atom stereocenters. The van der Waals surface area contributed by atoms with Crippen molar-refractivity contribution in [1.29, 1.82) is 0 Å². The summed E-state index contributed by atoms with van der Waals surface area (Å²) in [7, 11) is 0. The first-order chi connectivity index (χ1) is 14.8. The number of nitrogens with zero attached hydrogens (tertiary/aromatic N) is 1. The van der Waals surface area contributed by atoms with E-state index >= 15 is 0 Å². The van der Waals surface area contributed by atoms with E-state index in [1.807, 2.05) is 54.6 Å². The zero-order valence-corrected chi connectivity index (χ0v) is 17.5. The third-order valence-corrected chi connectivity index (χ3v) is 5.20. The second-order valence-electron chi connectivity index (χ2n) is 7.78. The molecule has 0 aromatic heterocycles. The van der Waals surface area contributed by atoms with Crippen molar-refractivity contribution >= 4 is 17.9 Å². The van der Waals surface area contributed by atoms with E-state index in [1.54, 1.807) is 6.92 Å². The molecule has 1 aliphatic rings. The minimum Gasteiger partial charge on any atom is -0.445 e. The van der Waals surface area contributed by atoms with E-state index in [1.165, 1.54) is 4.90 Å². The van der Waals surface area contributed by atoms with Crippen LogP contribution in [0.3, 0.4) is 0 Å². The van der Waals surface area contributed by atoms with Gasteiger partial charge in [0.1, 0.15) is 18.7 Å². The SMILES string of the molecule is C=C(C)C[C@H](NC(=O)[C@@H]1Cc2ccccc2CN1C(=O)OCc1ccccc1)C(N)=O. The van der Waals surface area contributed by atoms with Crippen LogP contribution in [0.25, 0.3) is 0 Å². The standard InChI is InChI=1S/C24H27N3O4/c1-16(2)12-20(22(25)28)26-23(29)21-13-18-10-6-7-11-19(18)14-27(21)24(30)31-15-17-8-4-3-5-9-17/h3-11,20-21H,1,12-15H2,2H3,(H2,25,28)(H,26,29)/t20-,21-/m0/s1. The Labute approximate surface area is 181 Å². The fourth-order valence-electron chi connectivity index (χ4n) is 3.59. The lowest BCUT2D eigenvalue weighted by Crippen LogP contribution is -2.56. The van der Waals surface area contributed by atoms with E-state index in [0.29, 0.717) is 6.42 Å². The van der Waals surface area contributed by atoms with Crippen LogP contribution in [-0.2, 0) is 33.9 Å².